The number of halogens is 1. The fourth-order valence-electron chi connectivity index (χ4n) is 2.22. The van der Waals surface area contributed by atoms with Gasteiger partial charge in [0.05, 0.1) is 17.9 Å². The third kappa shape index (κ3) is 2.45. The van der Waals surface area contributed by atoms with Crippen molar-refractivity contribution in [1.29, 1.82) is 0 Å². The van der Waals surface area contributed by atoms with Crippen LogP contribution in [0.1, 0.15) is 18.3 Å². The molecule has 3 aromatic rings. The number of imidazole rings is 1. The summed E-state index contributed by atoms with van der Waals surface area (Å²) in [6.45, 7) is 3.83. The van der Waals surface area contributed by atoms with Gasteiger partial charge in [0.25, 0.3) is 0 Å². The first-order chi connectivity index (χ1) is 9.83. The number of anilines is 1. The Bertz CT molecular complexity index is 692. The minimum Gasteiger partial charge on any atom is -0.349 e. The molecule has 0 bridgehead atoms. The monoisotopic (exact) mass is 350 g/mol. The van der Waals surface area contributed by atoms with Crippen LogP contribution >= 0.6 is 27.3 Å². The zero-order valence-electron chi connectivity index (χ0n) is 11.2. The molecule has 0 aromatic carbocycles. The second-order valence-electron chi connectivity index (χ2n) is 4.41. The van der Waals surface area contributed by atoms with Crippen molar-refractivity contribution < 1.29 is 0 Å². The Morgan fingerprint density at radius 2 is 2.30 bits per heavy atom. The smallest absolute Gasteiger partial charge is 0.195 e. The van der Waals surface area contributed by atoms with Gasteiger partial charge in [-0.15, -0.1) is 11.3 Å². The van der Waals surface area contributed by atoms with Gasteiger partial charge < -0.3 is 4.90 Å². The Labute approximate surface area is 130 Å². The third-order valence-electron chi connectivity index (χ3n) is 3.23. The van der Waals surface area contributed by atoms with Crippen LogP contribution < -0.4 is 4.90 Å². The van der Waals surface area contributed by atoms with E-state index in [1.807, 2.05) is 18.3 Å². The number of hydrogen-bond acceptors (Lipinski definition) is 4. The number of pyridine rings is 1. The highest BCUT2D eigenvalue weighted by Gasteiger charge is 2.17. The van der Waals surface area contributed by atoms with E-state index < -0.39 is 0 Å². The average molecular weight is 351 g/mol. The van der Waals surface area contributed by atoms with Crippen LogP contribution in [0.15, 0.2) is 36.0 Å². The van der Waals surface area contributed by atoms with Gasteiger partial charge in [-0.25, -0.2) is 4.98 Å². The van der Waals surface area contributed by atoms with Crippen LogP contribution in [0.2, 0.25) is 0 Å². The zero-order chi connectivity index (χ0) is 13.9. The molecule has 0 aliphatic rings. The minimum atomic E-state index is 0.780. The maximum atomic E-state index is 4.76. The van der Waals surface area contributed by atoms with E-state index in [1.54, 1.807) is 11.3 Å². The second-order valence-corrected chi connectivity index (χ2v) is 5.84. The molecular formula is C14H15BrN4S. The molecule has 0 N–H and O–H groups in total. The molecule has 0 fully saturated rings. The van der Waals surface area contributed by atoms with Crippen LogP contribution in [0.5, 0.6) is 0 Å². The van der Waals surface area contributed by atoms with Crippen LogP contribution in [-0.2, 0) is 11.9 Å². The van der Waals surface area contributed by atoms with Crippen molar-refractivity contribution in [2.24, 2.45) is 0 Å². The topological polar surface area (TPSA) is 33.4 Å². The summed E-state index contributed by atoms with van der Waals surface area (Å²) in [5.74, 6) is 1.04. The number of hydrogen-bond donors (Lipinski definition) is 0. The lowest BCUT2D eigenvalue weighted by Crippen LogP contribution is -2.24. The van der Waals surface area contributed by atoms with Gasteiger partial charge >= 0.3 is 0 Å². The molecule has 4 nitrogen and oxygen atoms in total. The van der Waals surface area contributed by atoms with Crippen molar-refractivity contribution in [1.82, 2.24) is 14.4 Å². The summed E-state index contributed by atoms with van der Waals surface area (Å²) < 4.78 is 2.15. The van der Waals surface area contributed by atoms with Gasteiger partial charge in [0.1, 0.15) is 0 Å². The zero-order valence-corrected chi connectivity index (χ0v) is 13.6. The van der Waals surface area contributed by atoms with Crippen LogP contribution in [0.3, 0.4) is 0 Å². The first kappa shape index (κ1) is 13.6. The summed E-state index contributed by atoms with van der Waals surface area (Å²) in [4.78, 5) is 12.5. The highest BCUT2D eigenvalue weighted by atomic mass is 79.9. The molecule has 3 aromatic heterocycles. The van der Waals surface area contributed by atoms with Crippen molar-refractivity contribution in [3.63, 3.8) is 0 Å². The molecule has 0 atom stereocenters. The Morgan fingerprint density at radius 3 is 3.00 bits per heavy atom. The molecular weight excluding hydrogens is 336 g/mol. The van der Waals surface area contributed by atoms with E-state index in [0.717, 1.165) is 34.9 Å². The fraction of sp³-hybridized carbons (Fsp3) is 0.286. The predicted octanol–water partition coefficient (Wildman–Crippen LogP) is 3.71. The van der Waals surface area contributed by atoms with Crippen LogP contribution in [0.4, 0.5) is 5.82 Å². The first-order valence-electron chi connectivity index (χ1n) is 6.48. The molecule has 0 radical (unpaired) electrons. The number of alkyl halides is 1. The lowest BCUT2D eigenvalue weighted by atomic mass is 10.3. The summed E-state index contributed by atoms with van der Waals surface area (Å²) in [5, 5.41) is 2.85. The molecule has 0 saturated heterocycles. The highest BCUT2D eigenvalue weighted by molar-refractivity contribution is 9.08. The van der Waals surface area contributed by atoms with Gasteiger partial charge in [-0.3, -0.25) is 9.38 Å². The van der Waals surface area contributed by atoms with Gasteiger partial charge in [-0.2, -0.15) is 0 Å². The lowest BCUT2D eigenvalue weighted by Gasteiger charge is -2.21. The predicted molar refractivity (Wildman–Crippen MR) is 86.7 cm³/mol. The van der Waals surface area contributed by atoms with Crippen molar-refractivity contribution >= 4 is 38.0 Å². The van der Waals surface area contributed by atoms with Crippen molar-refractivity contribution in [2.75, 3.05) is 11.4 Å². The highest BCUT2D eigenvalue weighted by Crippen LogP contribution is 2.27. The van der Waals surface area contributed by atoms with Gasteiger partial charge in [0.15, 0.2) is 10.8 Å². The molecule has 0 aliphatic heterocycles. The largest absolute Gasteiger partial charge is 0.349 e. The van der Waals surface area contributed by atoms with Crippen molar-refractivity contribution in [3.05, 3.63) is 47.4 Å². The van der Waals surface area contributed by atoms with E-state index in [0.29, 0.717) is 0 Å². The first-order valence-corrected chi connectivity index (χ1v) is 8.48. The lowest BCUT2D eigenvalue weighted by molar-refractivity contribution is 0.793. The standard InChI is InChI=1S/C14H15BrN4S/c1-2-18(10-11-5-3-4-6-16-11)13-12(9-15)19-7-8-20-14(19)17-13/h3-8H,2,9-10H2,1H3. The van der Waals surface area contributed by atoms with Crippen LogP contribution in [-0.4, -0.2) is 20.9 Å². The molecule has 0 saturated carbocycles. The maximum absolute atomic E-state index is 4.76. The van der Waals surface area contributed by atoms with E-state index in [9.17, 15) is 0 Å². The Morgan fingerprint density at radius 1 is 1.40 bits per heavy atom. The molecule has 3 heterocycles. The number of nitrogens with zero attached hydrogens (tertiary/aromatic N) is 4. The Hall–Kier alpha value is -1.40. The summed E-state index contributed by atoms with van der Waals surface area (Å²) in [7, 11) is 0. The van der Waals surface area contributed by atoms with E-state index in [-0.39, 0.29) is 0 Å². The minimum absolute atomic E-state index is 0.780. The van der Waals surface area contributed by atoms with Gasteiger partial charge in [0.2, 0.25) is 0 Å². The third-order valence-corrected chi connectivity index (χ3v) is 4.51. The van der Waals surface area contributed by atoms with Gasteiger partial charge in [-0.1, -0.05) is 22.0 Å². The number of fused-ring (bicyclic) bond motifs is 1. The molecule has 0 spiro atoms. The van der Waals surface area contributed by atoms with Gasteiger partial charge in [-0.05, 0) is 19.1 Å². The van der Waals surface area contributed by atoms with E-state index in [1.165, 1.54) is 5.69 Å². The molecule has 3 rings (SSSR count). The van der Waals surface area contributed by atoms with Crippen LogP contribution in [0, 0.1) is 0 Å². The number of rotatable bonds is 5. The number of thiazole rings is 1. The van der Waals surface area contributed by atoms with E-state index in [2.05, 4.69) is 54.8 Å². The summed E-state index contributed by atoms with van der Waals surface area (Å²) in [6, 6.07) is 6.01. The van der Waals surface area contributed by atoms with E-state index >= 15 is 0 Å². The molecule has 0 aliphatic carbocycles. The van der Waals surface area contributed by atoms with Gasteiger partial charge in [0, 0.05) is 29.6 Å². The summed E-state index contributed by atoms with van der Waals surface area (Å²) >= 11 is 5.24. The second kappa shape index (κ2) is 5.93. The normalized spacial score (nSPS) is 11.1. The average Bonchev–Trinajstić information content (AvgIpc) is 3.06. The fourth-order valence-corrected chi connectivity index (χ4v) is 3.47. The molecule has 0 amide bonds. The molecule has 20 heavy (non-hydrogen) atoms. The van der Waals surface area contributed by atoms with Crippen molar-refractivity contribution in [2.45, 2.75) is 18.8 Å². The van der Waals surface area contributed by atoms with Crippen LogP contribution in [0.25, 0.3) is 4.96 Å². The Kier molecular flexibility index (Phi) is 4.03. The quantitative estimate of drug-likeness (QED) is 0.657. The number of aromatic nitrogens is 3. The molecule has 6 heteroatoms. The molecule has 0 unspecified atom stereocenters. The van der Waals surface area contributed by atoms with E-state index in [4.69, 9.17) is 4.98 Å². The Balaban J connectivity index is 1.96. The summed E-state index contributed by atoms with van der Waals surface area (Å²) in [6.07, 6.45) is 3.90. The summed E-state index contributed by atoms with van der Waals surface area (Å²) in [5.41, 5.74) is 2.25. The SMILES string of the molecule is CCN(Cc1ccccn1)c1nc2sccn2c1CBr. The molecule has 104 valence electrons. The maximum Gasteiger partial charge on any atom is 0.195 e. The van der Waals surface area contributed by atoms with Crippen molar-refractivity contribution in [3.8, 4) is 0 Å².